The number of hydrogen-bond donors (Lipinski definition) is 1. The number of aromatic nitrogens is 3. The van der Waals surface area contributed by atoms with Crippen molar-refractivity contribution in [3.8, 4) is 0 Å². The monoisotopic (exact) mass is 337 g/mol. The average molecular weight is 337 g/mol. The number of rotatable bonds is 6. The van der Waals surface area contributed by atoms with Gasteiger partial charge in [0.1, 0.15) is 23.3 Å². The summed E-state index contributed by atoms with van der Waals surface area (Å²) in [5, 5.41) is 3.19. The van der Waals surface area contributed by atoms with Crippen LogP contribution in [0.15, 0.2) is 54.9 Å². The maximum Gasteiger partial charge on any atom is 0.136 e. The second-order valence-electron chi connectivity index (χ2n) is 5.82. The summed E-state index contributed by atoms with van der Waals surface area (Å²) in [6.45, 7) is 2.69. The van der Waals surface area contributed by atoms with Gasteiger partial charge >= 0.3 is 0 Å². The van der Waals surface area contributed by atoms with Crippen LogP contribution in [0.2, 0.25) is 0 Å². The Balaban J connectivity index is 1.70. The molecule has 0 aliphatic heterocycles. The van der Waals surface area contributed by atoms with Crippen molar-refractivity contribution in [3.63, 3.8) is 0 Å². The molecule has 3 rings (SSSR count). The summed E-state index contributed by atoms with van der Waals surface area (Å²) in [6.07, 6.45) is 4.51. The number of likely N-dealkylation sites (N-methyl/N-ethyl adjacent to an activating group) is 1. The Morgan fingerprint density at radius 1 is 1.04 bits per heavy atom. The first kappa shape index (κ1) is 16.8. The zero-order valence-electron chi connectivity index (χ0n) is 14.3. The predicted molar refractivity (Wildman–Crippen MR) is 97.7 cm³/mol. The van der Waals surface area contributed by atoms with Crippen LogP contribution in [0.25, 0.3) is 0 Å². The first-order valence-corrected chi connectivity index (χ1v) is 8.08. The molecule has 0 radical (unpaired) electrons. The van der Waals surface area contributed by atoms with Gasteiger partial charge in [0, 0.05) is 37.7 Å². The lowest BCUT2D eigenvalue weighted by molar-refractivity contribution is 0.628. The van der Waals surface area contributed by atoms with E-state index in [4.69, 9.17) is 0 Å². The average Bonchev–Trinajstić information content (AvgIpc) is 2.62. The molecule has 5 nitrogen and oxygen atoms in total. The van der Waals surface area contributed by atoms with E-state index in [0.29, 0.717) is 11.6 Å². The Kier molecular flexibility index (Phi) is 5.18. The third-order valence-corrected chi connectivity index (χ3v) is 3.82. The highest BCUT2D eigenvalue weighted by atomic mass is 19.1. The fourth-order valence-corrected chi connectivity index (χ4v) is 2.45. The van der Waals surface area contributed by atoms with E-state index in [-0.39, 0.29) is 5.82 Å². The first-order valence-electron chi connectivity index (χ1n) is 8.08. The summed E-state index contributed by atoms with van der Waals surface area (Å²) in [4.78, 5) is 15.0. The highest BCUT2D eigenvalue weighted by Gasteiger charge is 2.07. The van der Waals surface area contributed by atoms with Gasteiger partial charge in [0.15, 0.2) is 0 Å². The quantitative estimate of drug-likeness (QED) is 0.742. The van der Waals surface area contributed by atoms with Gasteiger partial charge < -0.3 is 10.2 Å². The van der Waals surface area contributed by atoms with Gasteiger partial charge in [0.2, 0.25) is 0 Å². The lowest BCUT2D eigenvalue weighted by Crippen LogP contribution is -2.22. The van der Waals surface area contributed by atoms with E-state index >= 15 is 0 Å². The molecule has 3 aromatic rings. The number of nitrogens with zero attached hydrogens (tertiary/aromatic N) is 4. The Bertz CT molecular complexity index is 821. The standard InChI is InChI=1S/C19H20FN5/c1-14-22-18(24-17-5-3-16(20)4-6-17)13-19(23-14)25(2)12-9-15-7-10-21-11-8-15/h3-8,10-11,13H,9,12H2,1-2H3,(H,22,23,24). The van der Waals surface area contributed by atoms with Crippen molar-refractivity contribution >= 4 is 17.3 Å². The number of anilines is 3. The molecule has 1 N–H and O–H groups in total. The van der Waals surface area contributed by atoms with Crippen LogP contribution >= 0.6 is 0 Å². The lowest BCUT2D eigenvalue weighted by Gasteiger charge is -2.19. The maximum atomic E-state index is 13.0. The van der Waals surface area contributed by atoms with Gasteiger partial charge in [-0.25, -0.2) is 14.4 Å². The van der Waals surface area contributed by atoms with Crippen LogP contribution in [0.3, 0.4) is 0 Å². The van der Waals surface area contributed by atoms with Crippen molar-refractivity contribution in [3.05, 3.63) is 72.1 Å². The first-order chi connectivity index (χ1) is 12.1. The van der Waals surface area contributed by atoms with Gasteiger partial charge in [-0.15, -0.1) is 0 Å². The summed E-state index contributed by atoms with van der Waals surface area (Å²) in [7, 11) is 2.00. The smallest absolute Gasteiger partial charge is 0.136 e. The van der Waals surface area contributed by atoms with Crippen molar-refractivity contribution in [1.82, 2.24) is 15.0 Å². The predicted octanol–water partition coefficient (Wildman–Crippen LogP) is 3.74. The summed E-state index contributed by atoms with van der Waals surface area (Å²) < 4.78 is 13.0. The lowest BCUT2D eigenvalue weighted by atomic mass is 10.2. The normalized spacial score (nSPS) is 10.5. The molecular formula is C19H20FN5. The minimum absolute atomic E-state index is 0.263. The van der Waals surface area contributed by atoms with Crippen LogP contribution in [0.1, 0.15) is 11.4 Å². The molecule has 25 heavy (non-hydrogen) atoms. The minimum Gasteiger partial charge on any atom is -0.359 e. The summed E-state index contributed by atoms with van der Waals surface area (Å²) in [6, 6.07) is 12.1. The number of nitrogens with one attached hydrogen (secondary N) is 1. The van der Waals surface area contributed by atoms with Gasteiger partial charge in [-0.05, 0) is 55.3 Å². The fraction of sp³-hybridized carbons (Fsp3) is 0.211. The highest BCUT2D eigenvalue weighted by molar-refractivity contribution is 5.59. The molecule has 0 atom stereocenters. The molecule has 1 aromatic carbocycles. The molecule has 128 valence electrons. The third kappa shape index (κ3) is 4.73. The van der Waals surface area contributed by atoms with E-state index in [1.54, 1.807) is 24.5 Å². The topological polar surface area (TPSA) is 53.9 Å². The molecule has 0 amide bonds. The minimum atomic E-state index is -0.263. The summed E-state index contributed by atoms with van der Waals surface area (Å²) in [5.74, 6) is 1.94. The molecule has 0 spiro atoms. The molecule has 0 bridgehead atoms. The van der Waals surface area contributed by atoms with Crippen LogP contribution in [0.4, 0.5) is 21.7 Å². The van der Waals surface area contributed by atoms with Gasteiger partial charge in [-0.3, -0.25) is 4.98 Å². The van der Waals surface area contributed by atoms with E-state index in [1.807, 2.05) is 32.2 Å². The summed E-state index contributed by atoms with van der Waals surface area (Å²) in [5.41, 5.74) is 2.02. The maximum absolute atomic E-state index is 13.0. The van der Waals surface area contributed by atoms with E-state index in [0.717, 1.165) is 24.5 Å². The van der Waals surface area contributed by atoms with Crippen LogP contribution in [0.5, 0.6) is 0 Å². The van der Waals surface area contributed by atoms with Crippen molar-refractivity contribution < 1.29 is 4.39 Å². The van der Waals surface area contributed by atoms with E-state index in [2.05, 4.69) is 25.2 Å². The highest BCUT2D eigenvalue weighted by Crippen LogP contribution is 2.19. The molecule has 0 saturated heterocycles. The van der Waals surface area contributed by atoms with Gasteiger partial charge in [-0.2, -0.15) is 0 Å². The Labute approximate surface area is 146 Å². The number of benzene rings is 1. The van der Waals surface area contributed by atoms with Gasteiger partial charge in [-0.1, -0.05) is 0 Å². The van der Waals surface area contributed by atoms with Crippen LogP contribution < -0.4 is 10.2 Å². The number of pyridine rings is 1. The second kappa shape index (κ2) is 7.70. The summed E-state index contributed by atoms with van der Waals surface area (Å²) >= 11 is 0. The molecular weight excluding hydrogens is 317 g/mol. The second-order valence-corrected chi connectivity index (χ2v) is 5.82. The van der Waals surface area contributed by atoms with Gasteiger partial charge in [0.25, 0.3) is 0 Å². The Morgan fingerprint density at radius 3 is 2.48 bits per heavy atom. The van der Waals surface area contributed by atoms with E-state index < -0.39 is 0 Å². The molecule has 0 unspecified atom stereocenters. The molecule has 0 aliphatic carbocycles. The zero-order valence-corrected chi connectivity index (χ0v) is 14.3. The number of halogens is 1. The van der Waals surface area contributed by atoms with E-state index in [1.165, 1.54) is 17.7 Å². The molecule has 0 saturated carbocycles. The largest absolute Gasteiger partial charge is 0.359 e. The van der Waals surface area contributed by atoms with Gasteiger partial charge in [0.05, 0.1) is 0 Å². The van der Waals surface area contributed by atoms with Crippen molar-refractivity contribution in [2.45, 2.75) is 13.3 Å². The van der Waals surface area contributed by atoms with Crippen molar-refractivity contribution in [2.24, 2.45) is 0 Å². The molecule has 0 fully saturated rings. The van der Waals surface area contributed by atoms with Crippen LogP contribution in [0, 0.1) is 12.7 Å². The fourth-order valence-electron chi connectivity index (χ4n) is 2.45. The molecule has 0 aliphatic rings. The number of aryl methyl sites for hydroxylation is 1. The Morgan fingerprint density at radius 2 is 1.76 bits per heavy atom. The SMILES string of the molecule is Cc1nc(Nc2ccc(F)cc2)cc(N(C)CCc2ccncc2)n1. The third-order valence-electron chi connectivity index (χ3n) is 3.82. The number of hydrogen-bond acceptors (Lipinski definition) is 5. The Hall–Kier alpha value is -3.02. The van der Waals surface area contributed by atoms with Crippen molar-refractivity contribution in [1.29, 1.82) is 0 Å². The van der Waals surface area contributed by atoms with E-state index in [9.17, 15) is 4.39 Å². The zero-order chi connectivity index (χ0) is 17.6. The molecule has 2 heterocycles. The molecule has 6 heteroatoms. The van der Waals surface area contributed by atoms with Crippen molar-refractivity contribution in [2.75, 3.05) is 23.8 Å². The van der Waals surface area contributed by atoms with Crippen LogP contribution in [-0.4, -0.2) is 28.5 Å². The van der Waals surface area contributed by atoms with Crippen LogP contribution in [-0.2, 0) is 6.42 Å². The molecule has 2 aromatic heterocycles.